The summed E-state index contributed by atoms with van der Waals surface area (Å²) < 4.78 is 7.46. The average molecular weight is 391 g/mol. The Kier molecular flexibility index (Phi) is 4.63. The number of aryl methyl sites for hydroxylation is 2. The average Bonchev–Trinajstić information content (AvgIpc) is 2.88. The van der Waals surface area contributed by atoms with Crippen LogP contribution >= 0.6 is 27.3 Å². The molecule has 1 heterocycles. The van der Waals surface area contributed by atoms with Crippen LogP contribution in [0.2, 0.25) is 0 Å². The second-order valence-electron chi connectivity index (χ2n) is 5.24. The van der Waals surface area contributed by atoms with Crippen molar-refractivity contribution in [3.8, 4) is 5.75 Å². The van der Waals surface area contributed by atoms with Gasteiger partial charge in [-0.2, -0.15) is 0 Å². The fourth-order valence-electron chi connectivity index (χ4n) is 2.29. The van der Waals surface area contributed by atoms with Gasteiger partial charge in [0.25, 0.3) is 5.91 Å². The Morgan fingerprint density at radius 3 is 2.91 bits per heavy atom. The van der Waals surface area contributed by atoms with E-state index in [0.29, 0.717) is 10.9 Å². The summed E-state index contributed by atoms with van der Waals surface area (Å²) in [5.74, 6) is 0.420. The molecule has 0 radical (unpaired) electrons. The number of hydrogen-bond donors (Lipinski definition) is 1. The predicted octanol–water partition coefficient (Wildman–Crippen LogP) is 4.69. The van der Waals surface area contributed by atoms with Gasteiger partial charge in [0.05, 0.1) is 10.2 Å². The van der Waals surface area contributed by atoms with Gasteiger partial charge in [0.15, 0.2) is 11.7 Å². The molecule has 0 saturated carbocycles. The molecule has 0 bridgehead atoms. The molecule has 3 aromatic rings. The lowest BCUT2D eigenvalue weighted by molar-refractivity contribution is -0.118. The molecule has 0 aliphatic rings. The maximum absolute atomic E-state index is 12.0. The lowest BCUT2D eigenvalue weighted by Gasteiger charge is -2.05. The summed E-state index contributed by atoms with van der Waals surface area (Å²) in [6, 6.07) is 11.5. The first-order chi connectivity index (χ1) is 11.0. The highest BCUT2D eigenvalue weighted by Crippen LogP contribution is 2.29. The normalized spacial score (nSPS) is 10.7. The Balaban J connectivity index is 1.67. The Labute approximate surface area is 146 Å². The van der Waals surface area contributed by atoms with E-state index in [-0.39, 0.29) is 12.5 Å². The lowest BCUT2D eigenvalue weighted by atomic mass is 10.1. The van der Waals surface area contributed by atoms with Crippen LogP contribution in [0.4, 0.5) is 5.13 Å². The quantitative estimate of drug-likeness (QED) is 0.702. The molecule has 0 spiro atoms. The molecule has 0 fully saturated rings. The number of nitrogens with zero attached hydrogens (tertiary/aromatic N) is 1. The van der Waals surface area contributed by atoms with Crippen molar-refractivity contribution in [2.24, 2.45) is 0 Å². The van der Waals surface area contributed by atoms with Gasteiger partial charge in [-0.3, -0.25) is 10.1 Å². The molecule has 6 heteroatoms. The van der Waals surface area contributed by atoms with Crippen LogP contribution in [0, 0.1) is 13.8 Å². The number of aromatic nitrogens is 1. The van der Waals surface area contributed by atoms with Crippen LogP contribution in [0.15, 0.2) is 40.9 Å². The molecular formula is C17H15BrN2O2S. The second kappa shape index (κ2) is 6.68. The highest BCUT2D eigenvalue weighted by Gasteiger charge is 2.10. The van der Waals surface area contributed by atoms with Gasteiger partial charge in [-0.15, -0.1) is 0 Å². The molecule has 3 rings (SSSR count). The van der Waals surface area contributed by atoms with E-state index in [1.54, 1.807) is 0 Å². The van der Waals surface area contributed by atoms with E-state index in [4.69, 9.17) is 4.74 Å². The molecule has 23 heavy (non-hydrogen) atoms. The van der Waals surface area contributed by atoms with Gasteiger partial charge in [-0.1, -0.05) is 39.4 Å². The molecule has 1 amide bonds. The number of nitrogens with one attached hydrogen (secondary N) is 1. The maximum Gasteiger partial charge on any atom is 0.264 e. The van der Waals surface area contributed by atoms with Crippen molar-refractivity contribution >= 4 is 48.5 Å². The fourth-order valence-corrected chi connectivity index (χ4v) is 3.72. The van der Waals surface area contributed by atoms with Crippen LogP contribution in [-0.4, -0.2) is 17.5 Å². The molecule has 0 aliphatic heterocycles. The summed E-state index contributed by atoms with van der Waals surface area (Å²) in [5.41, 5.74) is 3.24. The van der Waals surface area contributed by atoms with Gasteiger partial charge in [0, 0.05) is 4.47 Å². The van der Waals surface area contributed by atoms with Gasteiger partial charge in [-0.05, 0) is 49.2 Å². The van der Waals surface area contributed by atoms with Crippen LogP contribution in [0.25, 0.3) is 10.2 Å². The van der Waals surface area contributed by atoms with Crippen molar-refractivity contribution in [1.82, 2.24) is 4.98 Å². The highest BCUT2D eigenvalue weighted by molar-refractivity contribution is 9.10. The van der Waals surface area contributed by atoms with Gasteiger partial charge in [-0.25, -0.2) is 4.98 Å². The Morgan fingerprint density at radius 1 is 1.30 bits per heavy atom. The van der Waals surface area contributed by atoms with Crippen LogP contribution in [0.1, 0.15) is 11.1 Å². The first kappa shape index (κ1) is 16.0. The minimum absolute atomic E-state index is 0.0512. The molecule has 4 nitrogen and oxygen atoms in total. The molecule has 1 aromatic heterocycles. The van der Waals surface area contributed by atoms with Crippen molar-refractivity contribution in [3.63, 3.8) is 0 Å². The van der Waals surface area contributed by atoms with Gasteiger partial charge in [0.1, 0.15) is 5.75 Å². The van der Waals surface area contributed by atoms with E-state index < -0.39 is 0 Å². The van der Waals surface area contributed by atoms with Crippen molar-refractivity contribution in [2.75, 3.05) is 11.9 Å². The first-order valence-electron chi connectivity index (χ1n) is 7.07. The summed E-state index contributed by atoms with van der Waals surface area (Å²) in [6.07, 6.45) is 0. The molecule has 0 unspecified atom stereocenters. The highest BCUT2D eigenvalue weighted by atomic mass is 79.9. The number of halogens is 1. The number of hydrogen-bond acceptors (Lipinski definition) is 4. The number of thiazole rings is 1. The molecule has 1 N–H and O–H groups in total. The van der Waals surface area contributed by atoms with E-state index in [1.165, 1.54) is 16.9 Å². The third-order valence-electron chi connectivity index (χ3n) is 3.24. The van der Waals surface area contributed by atoms with Crippen molar-refractivity contribution < 1.29 is 9.53 Å². The van der Waals surface area contributed by atoms with E-state index in [1.807, 2.05) is 31.2 Å². The monoisotopic (exact) mass is 390 g/mol. The number of carbonyl (C=O) groups excluding carboxylic acids is 1. The number of rotatable bonds is 4. The lowest BCUT2D eigenvalue weighted by Crippen LogP contribution is -2.19. The van der Waals surface area contributed by atoms with Crippen LogP contribution < -0.4 is 10.1 Å². The molecule has 0 aliphatic carbocycles. The SMILES string of the molecule is Cc1cc(C)c2nc(NC(=O)COc3cccc(Br)c3)sc2c1. The van der Waals surface area contributed by atoms with E-state index >= 15 is 0 Å². The number of ether oxygens (including phenoxy) is 1. The van der Waals surface area contributed by atoms with Gasteiger partial charge < -0.3 is 4.74 Å². The van der Waals surface area contributed by atoms with Crippen LogP contribution in [-0.2, 0) is 4.79 Å². The van der Waals surface area contributed by atoms with E-state index in [2.05, 4.69) is 45.3 Å². The van der Waals surface area contributed by atoms with E-state index in [0.717, 1.165) is 20.3 Å². The number of fused-ring (bicyclic) bond motifs is 1. The summed E-state index contributed by atoms with van der Waals surface area (Å²) >= 11 is 4.84. The smallest absolute Gasteiger partial charge is 0.264 e. The zero-order valence-corrected chi connectivity index (χ0v) is 15.1. The molecule has 118 valence electrons. The fraction of sp³-hybridized carbons (Fsp3) is 0.176. The third kappa shape index (κ3) is 3.89. The van der Waals surface area contributed by atoms with Crippen LogP contribution in [0.3, 0.4) is 0 Å². The van der Waals surface area contributed by atoms with Gasteiger partial charge >= 0.3 is 0 Å². The largest absolute Gasteiger partial charge is 0.484 e. The Hall–Kier alpha value is -1.92. The molecule has 2 aromatic carbocycles. The second-order valence-corrected chi connectivity index (χ2v) is 7.19. The first-order valence-corrected chi connectivity index (χ1v) is 8.68. The molecular weight excluding hydrogens is 376 g/mol. The molecule has 0 atom stereocenters. The van der Waals surface area contributed by atoms with Gasteiger partial charge in [0.2, 0.25) is 0 Å². The van der Waals surface area contributed by atoms with Crippen molar-refractivity contribution in [2.45, 2.75) is 13.8 Å². The predicted molar refractivity (Wildman–Crippen MR) is 97.4 cm³/mol. The number of anilines is 1. The molecule has 0 saturated heterocycles. The summed E-state index contributed by atoms with van der Waals surface area (Å²) in [5, 5.41) is 3.39. The van der Waals surface area contributed by atoms with Crippen molar-refractivity contribution in [1.29, 1.82) is 0 Å². The standard InChI is InChI=1S/C17H15BrN2O2S/c1-10-6-11(2)16-14(7-10)23-17(20-16)19-15(21)9-22-13-5-3-4-12(18)8-13/h3-8H,9H2,1-2H3,(H,19,20,21). The summed E-state index contributed by atoms with van der Waals surface area (Å²) in [4.78, 5) is 16.5. The topological polar surface area (TPSA) is 51.2 Å². The number of benzene rings is 2. The maximum atomic E-state index is 12.0. The summed E-state index contributed by atoms with van der Waals surface area (Å²) in [7, 11) is 0. The Bertz CT molecular complexity index is 876. The zero-order chi connectivity index (χ0) is 16.4. The minimum atomic E-state index is -0.224. The Morgan fingerprint density at radius 2 is 2.13 bits per heavy atom. The zero-order valence-electron chi connectivity index (χ0n) is 12.7. The minimum Gasteiger partial charge on any atom is -0.484 e. The number of amides is 1. The van der Waals surface area contributed by atoms with Crippen LogP contribution in [0.5, 0.6) is 5.75 Å². The van der Waals surface area contributed by atoms with Crippen molar-refractivity contribution in [3.05, 3.63) is 52.0 Å². The third-order valence-corrected chi connectivity index (χ3v) is 4.65. The summed E-state index contributed by atoms with van der Waals surface area (Å²) in [6.45, 7) is 4.03. The number of carbonyl (C=O) groups is 1. The van der Waals surface area contributed by atoms with E-state index in [9.17, 15) is 4.79 Å².